The molecule has 0 aromatic heterocycles. The summed E-state index contributed by atoms with van der Waals surface area (Å²) in [5.41, 5.74) is 2.56. The van der Waals surface area contributed by atoms with Crippen molar-refractivity contribution in [1.29, 1.82) is 0 Å². The normalized spacial score (nSPS) is 26.5. The highest BCUT2D eigenvalue weighted by Crippen LogP contribution is 2.42. The number of nitrogens with zero attached hydrogens (tertiary/aromatic N) is 2. The van der Waals surface area contributed by atoms with Crippen molar-refractivity contribution in [2.24, 2.45) is 5.92 Å². The molecule has 0 saturated carbocycles. The molecule has 0 radical (unpaired) electrons. The van der Waals surface area contributed by atoms with Crippen molar-refractivity contribution in [1.82, 2.24) is 9.80 Å². The van der Waals surface area contributed by atoms with Crippen molar-refractivity contribution in [3.05, 3.63) is 71.0 Å². The van der Waals surface area contributed by atoms with E-state index in [9.17, 15) is 9.50 Å². The molecule has 0 bridgehead atoms. The maximum absolute atomic E-state index is 13.9. The molecule has 0 aliphatic carbocycles. The lowest BCUT2D eigenvalue weighted by Crippen LogP contribution is -2.67. The summed E-state index contributed by atoms with van der Waals surface area (Å²) in [6.07, 6.45) is 4.76. The molecule has 2 aromatic carbocycles. The number of hydrogen-bond acceptors (Lipinski definition) is 4. The van der Waals surface area contributed by atoms with Crippen LogP contribution in [0.5, 0.6) is 0 Å². The highest BCUT2D eigenvalue weighted by molar-refractivity contribution is 5.44. The first-order valence-electron chi connectivity index (χ1n) is 12.8. The number of aliphatic hydroxyl groups is 1. The standard InChI is InChI=1S/C29H35FN2O2/c30-26-6-2-1-5-24(26)10-7-22-8-11-25(12-9-22)29-27-20-31(19-23-13-17-34-18-14-23)15-3-4-16-32(27)28(29)21-33/h1-2,5-6,8-9,11-12,23,27-29,33H,3-4,13-21H2/t27-,28+,29-/m1/s1. The average molecular weight is 463 g/mol. The Morgan fingerprint density at radius 1 is 0.971 bits per heavy atom. The minimum Gasteiger partial charge on any atom is -0.395 e. The first kappa shape index (κ1) is 23.5. The molecule has 4 nitrogen and oxygen atoms in total. The van der Waals surface area contributed by atoms with Gasteiger partial charge in [-0.25, -0.2) is 4.39 Å². The zero-order valence-electron chi connectivity index (χ0n) is 19.8. The molecule has 3 fully saturated rings. The first-order valence-corrected chi connectivity index (χ1v) is 12.8. The molecule has 0 spiro atoms. The summed E-state index contributed by atoms with van der Waals surface area (Å²) in [6, 6.07) is 15.6. The fraction of sp³-hybridized carbons (Fsp3) is 0.517. The smallest absolute Gasteiger partial charge is 0.138 e. The molecule has 3 aliphatic rings. The van der Waals surface area contributed by atoms with Crippen LogP contribution in [-0.4, -0.2) is 73.0 Å². The van der Waals surface area contributed by atoms with Crippen LogP contribution in [0.1, 0.15) is 48.3 Å². The number of benzene rings is 2. The molecule has 34 heavy (non-hydrogen) atoms. The minimum absolute atomic E-state index is 0.184. The summed E-state index contributed by atoms with van der Waals surface area (Å²) in [5.74, 6) is 6.80. The predicted molar refractivity (Wildman–Crippen MR) is 132 cm³/mol. The summed E-state index contributed by atoms with van der Waals surface area (Å²) >= 11 is 0. The second-order valence-corrected chi connectivity index (χ2v) is 9.96. The van der Waals surface area contributed by atoms with Gasteiger partial charge < -0.3 is 14.7 Å². The number of hydrogen-bond donors (Lipinski definition) is 1. The highest BCUT2D eigenvalue weighted by atomic mass is 19.1. The average Bonchev–Trinajstić information content (AvgIpc) is 2.85. The minimum atomic E-state index is -0.290. The molecule has 180 valence electrons. The number of rotatable bonds is 4. The zero-order chi connectivity index (χ0) is 23.3. The van der Waals surface area contributed by atoms with E-state index >= 15 is 0 Å². The van der Waals surface area contributed by atoms with Gasteiger partial charge in [0, 0.05) is 49.9 Å². The van der Waals surface area contributed by atoms with Crippen LogP contribution in [0.3, 0.4) is 0 Å². The van der Waals surface area contributed by atoms with Gasteiger partial charge in [-0.3, -0.25) is 4.90 Å². The van der Waals surface area contributed by atoms with Gasteiger partial charge in [0.25, 0.3) is 0 Å². The van der Waals surface area contributed by atoms with Gasteiger partial charge >= 0.3 is 0 Å². The summed E-state index contributed by atoms with van der Waals surface area (Å²) in [6.45, 7) is 6.45. The largest absolute Gasteiger partial charge is 0.395 e. The zero-order valence-corrected chi connectivity index (χ0v) is 19.8. The van der Waals surface area contributed by atoms with Crippen molar-refractivity contribution >= 4 is 0 Å². The Morgan fingerprint density at radius 3 is 2.50 bits per heavy atom. The third-order valence-corrected chi connectivity index (χ3v) is 7.82. The molecule has 1 N–H and O–H groups in total. The highest BCUT2D eigenvalue weighted by Gasteiger charge is 2.49. The van der Waals surface area contributed by atoms with Crippen molar-refractivity contribution in [3.63, 3.8) is 0 Å². The van der Waals surface area contributed by atoms with E-state index in [1.807, 2.05) is 12.1 Å². The van der Waals surface area contributed by atoms with Gasteiger partial charge in [-0.05, 0) is 74.5 Å². The van der Waals surface area contributed by atoms with E-state index in [1.165, 1.54) is 43.9 Å². The summed E-state index contributed by atoms with van der Waals surface area (Å²) in [4.78, 5) is 5.20. The first-order chi connectivity index (χ1) is 16.7. The fourth-order valence-corrected chi connectivity index (χ4v) is 5.96. The second-order valence-electron chi connectivity index (χ2n) is 9.96. The Bertz CT molecular complexity index is 1010. The van der Waals surface area contributed by atoms with E-state index in [2.05, 4.69) is 33.8 Å². The van der Waals surface area contributed by atoms with Gasteiger partial charge in [0.05, 0.1) is 12.2 Å². The third-order valence-electron chi connectivity index (χ3n) is 7.82. The lowest BCUT2D eigenvalue weighted by atomic mass is 9.74. The molecule has 3 atom stereocenters. The van der Waals surface area contributed by atoms with Gasteiger partial charge in [0.2, 0.25) is 0 Å². The molecule has 3 aliphatic heterocycles. The van der Waals surface area contributed by atoms with Crippen LogP contribution in [0, 0.1) is 23.6 Å². The Morgan fingerprint density at radius 2 is 1.74 bits per heavy atom. The third kappa shape index (κ3) is 5.21. The monoisotopic (exact) mass is 462 g/mol. The van der Waals surface area contributed by atoms with E-state index in [1.54, 1.807) is 18.2 Å². The fourth-order valence-electron chi connectivity index (χ4n) is 5.96. The van der Waals surface area contributed by atoms with Gasteiger partial charge in [0.15, 0.2) is 0 Å². The molecule has 5 heteroatoms. The Labute approximate surface area is 202 Å². The number of aliphatic hydroxyl groups excluding tert-OH is 1. The predicted octanol–water partition coefficient (Wildman–Crippen LogP) is 3.88. The Hall–Kier alpha value is -2.23. The molecule has 3 heterocycles. The topological polar surface area (TPSA) is 35.9 Å². The maximum Gasteiger partial charge on any atom is 0.138 e. The van der Waals surface area contributed by atoms with Gasteiger partial charge in [-0.15, -0.1) is 0 Å². The lowest BCUT2D eigenvalue weighted by molar-refractivity contribution is -0.0677. The van der Waals surface area contributed by atoms with Crippen LogP contribution in [0.15, 0.2) is 48.5 Å². The number of halogens is 1. The van der Waals surface area contributed by atoms with Crippen LogP contribution >= 0.6 is 0 Å². The van der Waals surface area contributed by atoms with Crippen molar-refractivity contribution in [2.45, 2.75) is 43.7 Å². The molecule has 2 aromatic rings. The van der Waals surface area contributed by atoms with Crippen molar-refractivity contribution in [2.75, 3.05) is 46.0 Å². The maximum atomic E-state index is 13.9. The van der Waals surface area contributed by atoms with E-state index in [0.29, 0.717) is 17.5 Å². The molecule has 3 saturated heterocycles. The van der Waals surface area contributed by atoms with Gasteiger partial charge in [-0.2, -0.15) is 0 Å². The molecular weight excluding hydrogens is 427 g/mol. The van der Waals surface area contributed by atoms with E-state index in [4.69, 9.17) is 4.74 Å². The van der Waals surface area contributed by atoms with E-state index < -0.39 is 0 Å². The summed E-state index contributed by atoms with van der Waals surface area (Å²) < 4.78 is 19.4. The molecule has 0 amide bonds. The van der Waals surface area contributed by atoms with Crippen LogP contribution in [-0.2, 0) is 4.74 Å². The van der Waals surface area contributed by atoms with Gasteiger partial charge in [0.1, 0.15) is 5.82 Å². The second kappa shape index (κ2) is 11.0. The quantitative estimate of drug-likeness (QED) is 0.700. The van der Waals surface area contributed by atoms with Crippen LogP contribution < -0.4 is 0 Å². The van der Waals surface area contributed by atoms with Crippen LogP contribution in [0.4, 0.5) is 4.39 Å². The summed E-state index contributed by atoms with van der Waals surface area (Å²) in [5, 5.41) is 10.2. The van der Waals surface area contributed by atoms with Crippen LogP contribution in [0.2, 0.25) is 0 Å². The molecular formula is C29H35FN2O2. The van der Waals surface area contributed by atoms with Crippen molar-refractivity contribution < 1.29 is 14.2 Å². The van der Waals surface area contributed by atoms with Crippen LogP contribution in [0.25, 0.3) is 0 Å². The van der Waals surface area contributed by atoms with E-state index in [-0.39, 0.29) is 18.5 Å². The van der Waals surface area contributed by atoms with Gasteiger partial charge in [-0.1, -0.05) is 36.1 Å². The lowest BCUT2D eigenvalue weighted by Gasteiger charge is -2.57. The Kier molecular flexibility index (Phi) is 7.61. The number of fused-ring (bicyclic) bond motifs is 1. The van der Waals surface area contributed by atoms with E-state index in [0.717, 1.165) is 44.3 Å². The summed E-state index contributed by atoms with van der Waals surface area (Å²) in [7, 11) is 0. The Balaban J connectivity index is 1.30. The molecule has 0 unspecified atom stereocenters. The number of ether oxygens (including phenoxy) is 1. The SMILES string of the molecule is OC[C@H]1[C@H](c2ccc(C#Cc3ccccc3F)cc2)[C@H]2CN(CC3CCOCC3)CCCCN21. The van der Waals surface area contributed by atoms with Crippen molar-refractivity contribution in [3.8, 4) is 11.8 Å². The molecule has 5 rings (SSSR count).